The zero-order valence-electron chi connectivity index (χ0n) is 13.3. The van der Waals surface area contributed by atoms with Crippen molar-refractivity contribution in [2.24, 2.45) is 0 Å². The standard InChI is InChI=1S/C18H26ClNO/c1-18(2,3)14-11-9-13(10-12-14)16(19)17(21)20-15-7-5-4-6-8-15/h9-12,15-16H,4-8H2,1-3H3,(H,20,21). The van der Waals surface area contributed by atoms with E-state index in [0.29, 0.717) is 6.04 Å². The highest BCUT2D eigenvalue weighted by Crippen LogP contribution is 2.27. The van der Waals surface area contributed by atoms with Crippen LogP contribution in [-0.4, -0.2) is 11.9 Å². The van der Waals surface area contributed by atoms with Crippen LogP contribution in [0.3, 0.4) is 0 Å². The van der Waals surface area contributed by atoms with Crippen molar-refractivity contribution in [1.82, 2.24) is 5.32 Å². The van der Waals surface area contributed by atoms with E-state index in [4.69, 9.17) is 11.6 Å². The minimum Gasteiger partial charge on any atom is -0.352 e. The Balaban J connectivity index is 1.98. The number of nitrogens with one attached hydrogen (secondary N) is 1. The first-order chi connectivity index (χ1) is 9.88. The van der Waals surface area contributed by atoms with Crippen molar-refractivity contribution in [1.29, 1.82) is 0 Å². The third-order valence-corrected chi connectivity index (χ3v) is 4.70. The summed E-state index contributed by atoms with van der Waals surface area (Å²) in [7, 11) is 0. The molecular weight excluding hydrogens is 282 g/mol. The first-order valence-electron chi connectivity index (χ1n) is 7.93. The number of carbonyl (C=O) groups is 1. The summed E-state index contributed by atoms with van der Waals surface area (Å²) in [6, 6.07) is 8.38. The Morgan fingerprint density at radius 3 is 2.24 bits per heavy atom. The lowest BCUT2D eigenvalue weighted by Gasteiger charge is -2.24. The van der Waals surface area contributed by atoms with Crippen molar-refractivity contribution < 1.29 is 4.79 Å². The fourth-order valence-corrected chi connectivity index (χ4v) is 3.03. The van der Waals surface area contributed by atoms with Crippen LogP contribution in [0.4, 0.5) is 0 Å². The van der Waals surface area contributed by atoms with Gasteiger partial charge in [0.05, 0.1) is 0 Å². The van der Waals surface area contributed by atoms with Crippen molar-refractivity contribution >= 4 is 17.5 Å². The molecule has 1 amide bonds. The zero-order chi connectivity index (χ0) is 15.5. The number of benzene rings is 1. The number of alkyl halides is 1. The number of halogens is 1. The largest absolute Gasteiger partial charge is 0.352 e. The van der Waals surface area contributed by atoms with Gasteiger partial charge in [0.2, 0.25) is 5.91 Å². The summed E-state index contributed by atoms with van der Waals surface area (Å²) in [4.78, 5) is 12.3. The van der Waals surface area contributed by atoms with Crippen LogP contribution in [0, 0.1) is 0 Å². The first-order valence-corrected chi connectivity index (χ1v) is 8.36. The first kappa shape index (κ1) is 16.4. The van der Waals surface area contributed by atoms with Gasteiger partial charge in [-0.25, -0.2) is 0 Å². The predicted octanol–water partition coefficient (Wildman–Crippen LogP) is 4.71. The van der Waals surface area contributed by atoms with Gasteiger partial charge in [0.25, 0.3) is 0 Å². The summed E-state index contributed by atoms with van der Waals surface area (Å²) in [5, 5.41) is 2.49. The van der Waals surface area contributed by atoms with Crippen molar-refractivity contribution in [3.8, 4) is 0 Å². The van der Waals surface area contributed by atoms with Gasteiger partial charge >= 0.3 is 0 Å². The number of carbonyl (C=O) groups excluding carboxylic acids is 1. The van der Waals surface area contributed by atoms with Crippen LogP contribution >= 0.6 is 11.6 Å². The molecule has 1 aliphatic carbocycles. The van der Waals surface area contributed by atoms with Crippen molar-refractivity contribution in [2.75, 3.05) is 0 Å². The summed E-state index contributed by atoms with van der Waals surface area (Å²) >= 11 is 6.33. The summed E-state index contributed by atoms with van der Waals surface area (Å²) in [5.74, 6) is -0.0629. The van der Waals surface area contributed by atoms with E-state index in [0.717, 1.165) is 18.4 Å². The number of hydrogen-bond donors (Lipinski definition) is 1. The second-order valence-electron chi connectivity index (χ2n) is 7.08. The van der Waals surface area contributed by atoms with Gasteiger partial charge in [0, 0.05) is 6.04 Å². The molecule has 1 N–H and O–H groups in total. The number of rotatable bonds is 3. The molecule has 1 saturated carbocycles. The Morgan fingerprint density at radius 1 is 1.14 bits per heavy atom. The Labute approximate surface area is 133 Å². The van der Waals surface area contributed by atoms with Crippen LogP contribution in [0.2, 0.25) is 0 Å². The van der Waals surface area contributed by atoms with Gasteiger partial charge in [-0.1, -0.05) is 64.3 Å². The quantitative estimate of drug-likeness (QED) is 0.805. The monoisotopic (exact) mass is 307 g/mol. The van der Waals surface area contributed by atoms with Gasteiger partial charge in [0.1, 0.15) is 5.38 Å². The van der Waals surface area contributed by atoms with Gasteiger partial charge in [-0.15, -0.1) is 11.6 Å². The van der Waals surface area contributed by atoms with E-state index >= 15 is 0 Å². The maximum atomic E-state index is 12.3. The minimum atomic E-state index is -0.596. The lowest BCUT2D eigenvalue weighted by molar-refractivity contribution is -0.121. The van der Waals surface area contributed by atoms with Crippen molar-refractivity contribution in [3.05, 3.63) is 35.4 Å². The summed E-state index contributed by atoms with van der Waals surface area (Å²) in [5.41, 5.74) is 2.24. The predicted molar refractivity (Wildman–Crippen MR) is 88.8 cm³/mol. The molecule has 2 rings (SSSR count). The maximum absolute atomic E-state index is 12.3. The molecule has 0 saturated heterocycles. The van der Waals surface area contributed by atoms with Crippen molar-refractivity contribution in [2.45, 2.75) is 69.7 Å². The normalized spacial score (nSPS) is 18.3. The minimum absolute atomic E-state index is 0.0629. The Bertz CT molecular complexity index is 469. The van der Waals surface area contributed by atoms with E-state index in [2.05, 4.69) is 38.2 Å². The van der Waals surface area contributed by atoms with E-state index < -0.39 is 5.38 Å². The molecule has 116 valence electrons. The smallest absolute Gasteiger partial charge is 0.242 e. The highest BCUT2D eigenvalue weighted by molar-refractivity contribution is 6.30. The highest BCUT2D eigenvalue weighted by Gasteiger charge is 2.22. The number of amides is 1. The fraction of sp³-hybridized carbons (Fsp3) is 0.611. The molecule has 1 atom stereocenters. The Kier molecular flexibility index (Phi) is 5.32. The van der Waals surface area contributed by atoms with E-state index in [1.54, 1.807) is 0 Å². The van der Waals surface area contributed by atoms with Crippen LogP contribution in [0.1, 0.15) is 69.4 Å². The van der Waals surface area contributed by atoms with Gasteiger partial charge in [-0.2, -0.15) is 0 Å². The van der Waals surface area contributed by atoms with Gasteiger partial charge in [0.15, 0.2) is 0 Å². The summed E-state index contributed by atoms with van der Waals surface area (Å²) < 4.78 is 0. The molecule has 1 unspecified atom stereocenters. The van der Waals surface area contributed by atoms with Crippen LogP contribution < -0.4 is 5.32 Å². The van der Waals surface area contributed by atoms with E-state index in [1.807, 2.05) is 12.1 Å². The van der Waals surface area contributed by atoms with E-state index in [-0.39, 0.29) is 11.3 Å². The third-order valence-electron chi connectivity index (χ3n) is 4.25. The zero-order valence-corrected chi connectivity index (χ0v) is 14.0. The van der Waals surface area contributed by atoms with Gasteiger partial charge < -0.3 is 5.32 Å². The van der Waals surface area contributed by atoms with Crippen LogP contribution in [0.15, 0.2) is 24.3 Å². The highest BCUT2D eigenvalue weighted by atomic mass is 35.5. The molecule has 1 aromatic carbocycles. The van der Waals surface area contributed by atoms with Crippen molar-refractivity contribution in [3.63, 3.8) is 0 Å². The molecule has 1 aliphatic rings. The fourth-order valence-electron chi connectivity index (χ4n) is 2.82. The van der Waals surface area contributed by atoms with Crippen LogP contribution in [-0.2, 0) is 10.2 Å². The molecule has 2 nitrogen and oxygen atoms in total. The SMILES string of the molecule is CC(C)(C)c1ccc(C(Cl)C(=O)NC2CCCCC2)cc1. The molecule has 1 fully saturated rings. The molecule has 0 aromatic heterocycles. The molecule has 0 aliphatic heterocycles. The van der Waals surface area contributed by atoms with Gasteiger partial charge in [-0.3, -0.25) is 4.79 Å². The van der Waals surface area contributed by atoms with Crippen LogP contribution in [0.25, 0.3) is 0 Å². The summed E-state index contributed by atoms with van der Waals surface area (Å²) in [6.45, 7) is 6.53. The van der Waals surface area contributed by atoms with Crippen LogP contribution in [0.5, 0.6) is 0 Å². The third kappa shape index (κ3) is 4.47. The molecule has 0 radical (unpaired) electrons. The lowest BCUT2D eigenvalue weighted by atomic mass is 9.86. The molecular formula is C18H26ClNO. The summed E-state index contributed by atoms with van der Waals surface area (Å²) in [6.07, 6.45) is 5.86. The molecule has 0 heterocycles. The Hall–Kier alpha value is -1.02. The second kappa shape index (κ2) is 6.83. The van der Waals surface area contributed by atoms with E-state index in [1.165, 1.54) is 24.8 Å². The molecule has 0 spiro atoms. The maximum Gasteiger partial charge on any atom is 0.242 e. The average Bonchev–Trinajstić information content (AvgIpc) is 2.46. The molecule has 1 aromatic rings. The number of hydrogen-bond acceptors (Lipinski definition) is 1. The average molecular weight is 308 g/mol. The lowest BCUT2D eigenvalue weighted by Crippen LogP contribution is -2.38. The van der Waals surface area contributed by atoms with Gasteiger partial charge in [-0.05, 0) is 29.4 Å². The van der Waals surface area contributed by atoms with E-state index in [9.17, 15) is 4.79 Å². The Morgan fingerprint density at radius 2 is 1.71 bits per heavy atom. The topological polar surface area (TPSA) is 29.1 Å². The second-order valence-corrected chi connectivity index (χ2v) is 7.51. The molecule has 0 bridgehead atoms. The molecule has 3 heteroatoms. The molecule has 21 heavy (non-hydrogen) atoms.